The maximum atomic E-state index is 6.04. The summed E-state index contributed by atoms with van der Waals surface area (Å²) < 4.78 is 0. The molecule has 1 aromatic carbocycles. The molecule has 2 aliphatic rings. The molecule has 0 bridgehead atoms. The van der Waals surface area contributed by atoms with Crippen molar-refractivity contribution < 1.29 is 0 Å². The largest absolute Gasteiger partial charge is 0.326 e. The molecule has 0 fully saturated rings. The standard InChI is InChI=1S/C12H13N3/c13-10-6-5-9-3-1-2-4-11(9)15-8-7-14-12(10)15/h1-6,10H,7-8,13H2. The van der Waals surface area contributed by atoms with Gasteiger partial charge in [-0.1, -0.05) is 30.4 Å². The van der Waals surface area contributed by atoms with E-state index in [4.69, 9.17) is 5.73 Å². The van der Waals surface area contributed by atoms with Crippen LogP contribution in [0.25, 0.3) is 6.08 Å². The van der Waals surface area contributed by atoms with E-state index in [0.717, 1.165) is 18.9 Å². The van der Waals surface area contributed by atoms with Crippen LogP contribution in [-0.4, -0.2) is 25.0 Å². The van der Waals surface area contributed by atoms with Gasteiger partial charge in [0.15, 0.2) is 0 Å². The van der Waals surface area contributed by atoms with Crippen LogP contribution < -0.4 is 10.6 Å². The van der Waals surface area contributed by atoms with Gasteiger partial charge in [0.1, 0.15) is 5.84 Å². The first-order valence-corrected chi connectivity index (χ1v) is 5.21. The number of nitrogens with zero attached hydrogens (tertiary/aromatic N) is 2. The zero-order valence-corrected chi connectivity index (χ0v) is 8.43. The third-order valence-electron chi connectivity index (χ3n) is 2.88. The Morgan fingerprint density at radius 3 is 3.13 bits per heavy atom. The number of aliphatic imine (C=N–C) groups is 1. The van der Waals surface area contributed by atoms with E-state index in [2.05, 4.69) is 34.2 Å². The van der Waals surface area contributed by atoms with Crippen molar-refractivity contribution in [3.05, 3.63) is 35.9 Å². The number of benzene rings is 1. The number of fused-ring (bicyclic) bond motifs is 3. The fraction of sp³-hybridized carbons (Fsp3) is 0.250. The van der Waals surface area contributed by atoms with E-state index >= 15 is 0 Å². The Kier molecular flexibility index (Phi) is 1.86. The summed E-state index contributed by atoms with van der Waals surface area (Å²) in [5.74, 6) is 0.996. The van der Waals surface area contributed by atoms with Gasteiger partial charge in [-0.25, -0.2) is 0 Å². The average Bonchev–Trinajstić information content (AvgIpc) is 2.71. The minimum atomic E-state index is -0.0695. The lowest BCUT2D eigenvalue weighted by atomic mass is 10.1. The van der Waals surface area contributed by atoms with Gasteiger partial charge in [-0.3, -0.25) is 4.99 Å². The maximum absolute atomic E-state index is 6.04. The van der Waals surface area contributed by atoms with E-state index < -0.39 is 0 Å². The summed E-state index contributed by atoms with van der Waals surface area (Å²) in [5, 5.41) is 0. The van der Waals surface area contributed by atoms with Gasteiger partial charge in [0, 0.05) is 12.2 Å². The summed E-state index contributed by atoms with van der Waals surface area (Å²) in [7, 11) is 0. The van der Waals surface area contributed by atoms with Gasteiger partial charge in [0.2, 0.25) is 0 Å². The van der Waals surface area contributed by atoms with E-state index in [1.54, 1.807) is 0 Å². The second-order valence-corrected chi connectivity index (χ2v) is 3.84. The Balaban J connectivity index is 2.17. The Morgan fingerprint density at radius 2 is 2.20 bits per heavy atom. The smallest absolute Gasteiger partial charge is 0.125 e. The van der Waals surface area contributed by atoms with Gasteiger partial charge in [-0.15, -0.1) is 0 Å². The van der Waals surface area contributed by atoms with Crippen molar-refractivity contribution in [1.82, 2.24) is 0 Å². The second kappa shape index (κ2) is 3.21. The Hall–Kier alpha value is -1.61. The van der Waals surface area contributed by atoms with Crippen LogP contribution in [0, 0.1) is 0 Å². The van der Waals surface area contributed by atoms with Gasteiger partial charge in [0.05, 0.1) is 12.6 Å². The predicted molar refractivity (Wildman–Crippen MR) is 63.1 cm³/mol. The topological polar surface area (TPSA) is 41.6 Å². The van der Waals surface area contributed by atoms with Crippen LogP contribution in [-0.2, 0) is 0 Å². The van der Waals surface area contributed by atoms with Crippen molar-refractivity contribution in [1.29, 1.82) is 0 Å². The lowest BCUT2D eigenvalue weighted by Gasteiger charge is -2.22. The Bertz CT molecular complexity index is 448. The molecule has 3 rings (SSSR count). The number of nitrogens with two attached hydrogens (primary N) is 1. The van der Waals surface area contributed by atoms with Crippen molar-refractivity contribution in [2.75, 3.05) is 18.0 Å². The molecule has 1 unspecified atom stereocenters. The van der Waals surface area contributed by atoms with E-state index in [1.165, 1.54) is 11.3 Å². The van der Waals surface area contributed by atoms with Crippen molar-refractivity contribution in [3.63, 3.8) is 0 Å². The third-order valence-corrected chi connectivity index (χ3v) is 2.88. The fourth-order valence-corrected chi connectivity index (χ4v) is 2.16. The molecular formula is C12H13N3. The Morgan fingerprint density at radius 1 is 1.33 bits per heavy atom. The number of hydrogen-bond acceptors (Lipinski definition) is 3. The van der Waals surface area contributed by atoms with Crippen molar-refractivity contribution in [2.45, 2.75) is 6.04 Å². The van der Waals surface area contributed by atoms with Crippen molar-refractivity contribution in [2.24, 2.45) is 10.7 Å². The molecule has 0 spiro atoms. The quantitative estimate of drug-likeness (QED) is 0.683. The third kappa shape index (κ3) is 1.27. The molecule has 2 heterocycles. The van der Waals surface area contributed by atoms with Crippen LogP contribution in [0.1, 0.15) is 5.56 Å². The van der Waals surface area contributed by atoms with Crippen LogP contribution in [0.3, 0.4) is 0 Å². The number of anilines is 1. The highest BCUT2D eigenvalue weighted by atomic mass is 15.3. The normalized spacial score (nSPS) is 23.1. The number of amidine groups is 1. The molecule has 15 heavy (non-hydrogen) atoms. The highest BCUT2D eigenvalue weighted by Crippen LogP contribution is 2.27. The van der Waals surface area contributed by atoms with Crippen LogP contribution in [0.5, 0.6) is 0 Å². The lowest BCUT2D eigenvalue weighted by molar-refractivity contribution is 1.01. The molecule has 1 aromatic rings. The van der Waals surface area contributed by atoms with Gasteiger partial charge >= 0.3 is 0 Å². The molecule has 0 radical (unpaired) electrons. The lowest BCUT2D eigenvalue weighted by Crippen LogP contribution is -2.39. The number of rotatable bonds is 0. The SMILES string of the molecule is NC1C=Cc2ccccc2N2CCN=C12. The van der Waals surface area contributed by atoms with E-state index in [0.29, 0.717) is 0 Å². The minimum Gasteiger partial charge on any atom is -0.326 e. The van der Waals surface area contributed by atoms with Crippen molar-refractivity contribution >= 4 is 17.6 Å². The molecule has 0 aliphatic carbocycles. The maximum Gasteiger partial charge on any atom is 0.125 e. The summed E-state index contributed by atoms with van der Waals surface area (Å²) in [6.07, 6.45) is 4.10. The number of hydrogen-bond donors (Lipinski definition) is 1. The first kappa shape index (κ1) is 8.68. The molecule has 0 amide bonds. The summed E-state index contributed by atoms with van der Waals surface area (Å²) in [6.45, 7) is 1.80. The van der Waals surface area contributed by atoms with Gasteiger partial charge in [-0.2, -0.15) is 0 Å². The molecular weight excluding hydrogens is 186 g/mol. The molecule has 3 heteroatoms. The van der Waals surface area contributed by atoms with E-state index in [-0.39, 0.29) is 6.04 Å². The molecule has 1 atom stereocenters. The van der Waals surface area contributed by atoms with Gasteiger partial charge < -0.3 is 10.6 Å². The van der Waals surface area contributed by atoms with E-state index in [1.807, 2.05) is 12.1 Å². The average molecular weight is 199 g/mol. The molecule has 0 aromatic heterocycles. The fourth-order valence-electron chi connectivity index (χ4n) is 2.16. The van der Waals surface area contributed by atoms with Crippen LogP contribution in [0.4, 0.5) is 5.69 Å². The highest BCUT2D eigenvalue weighted by molar-refractivity contribution is 6.06. The monoisotopic (exact) mass is 199 g/mol. The van der Waals surface area contributed by atoms with Crippen molar-refractivity contribution in [3.8, 4) is 0 Å². The van der Waals surface area contributed by atoms with Crippen LogP contribution in [0.15, 0.2) is 35.3 Å². The first-order valence-electron chi connectivity index (χ1n) is 5.21. The van der Waals surface area contributed by atoms with E-state index in [9.17, 15) is 0 Å². The molecule has 2 N–H and O–H groups in total. The first-order chi connectivity index (χ1) is 7.36. The molecule has 3 nitrogen and oxygen atoms in total. The molecule has 0 saturated heterocycles. The molecule has 76 valence electrons. The summed E-state index contributed by atoms with van der Waals surface area (Å²) in [5.41, 5.74) is 8.48. The van der Waals surface area contributed by atoms with Crippen LogP contribution >= 0.6 is 0 Å². The summed E-state index contributed by atoms with van der Waals surface area (Å²) in [4.78, 5) is 6.69. The molecule has 0 saturated carbocycles. The summed E-state index contributed by atoms with van der Waals surface area (Å²) >= 11 is 0. The van der Waals surface area contributed by atoms with Gasteiger partial charge in [0.25, 0.3) is 0 Å². The summed E-state index contributed by atoms with van der Waals surface area (Å²) in [6, 6.07) is 8.27. The predicted octanol–water partition coefficient (Wildman–Crippen LogP) is 1.26. The zero-order valence-electron chi connectivity index (χ0n) is 8.43. The number of para-hydroxylation sites is 1. The minimum absolute atomic E-state index is 0.0695. The van der Waals surface area contributed by atoms with Gasteiger partial charge in [-0.05, 0) is 11.6 Å². The zero-order chi connectivity index (χ0) is 10.3. The molecule has 2 aliphatic heterocycles. The Labute approximate surface area is 88.9 Å². The second-order valence-electron chi connectivity index (χ2n) is 3.84. The van der Waals surface area contributed by atoms with Crippen LogP contribution in [0.2, 0.25) is 0 Å². The highest BCUT2D eigenvalue weighted by Gasteiger charge is 2.25.